The highest BCUT2D eigenvalue weighted by Gasteiger charge is 2.22. The summed E-state index contributed by atoms with van der Waals surface area (Å²) in [5, 5.41) is 7.67. The molecule has 5 heteroatoms. The molecule has 186 valence electrons. The summed E-state index contributed by atoms with van der Waals surface area (Å²) >= 11 is 0. The van der Waals surface area contributed by atoms with E-state index >= 15 is 0 Å². The van der Waals surface area contributed by atoms with Crippen molar-refractivity contribution in [2.75, 3.05) is 0 Å². The molecular formula is C35H20N4O. The van der Waals surface area contributed by atoms with Crippen LogP contribution in [0.5, 0.6) is 0 Å². The smallest absolute Gasteiger partial charge is 0.233 e. The van der Waals surface area contributed by atoms with E-state index in [1.165, 1.54) is 21.5 Å². The first-order valence-corrected chi connectivity index (χ1v) is 13.3. The number of nitrogens with zero attached hydrogens (tertiary/aromatic N) is 4. The summed E-state index contributed by atoms with van der Waals surface area (Å²) in [5.74, 6) is 1.37. The van der Waals surface area contributed by atoms with Gasteiger partial charge >= 0.3 is 0 Å². The first-order valence-electron chi connectivity index (χ1n) is 13.3. The van der Waals surface area contributed by atoms with Crippen LogP contribution < -0.4 is 0 Å². The predicted octanol–water partition coefficient (Wildman–Crippen LogP) is 8.84. The third kappa shape index (κ3) is 2.94. The molecule has 0 aliphatic carbocycles. The Labute approximate surface area is 228 Å². The first kappa shape index (κ1) is 21.4. The number of fused-ring (bicyclic) bond motifs is 8. The van der Waals surface area contributed by atoms with Gasteiger partial charge in [0.1, 0.15) is 5.58 Å². The van der Waals surface area contributed by atoms with E-state index < -0.39 is 0 Å². The Morgan fingerprint density at radius 1 is 0.575 bits per heavy atom. The van der Waals surface area contributed by atoms with Crippen molar-refractivity contribution in [1.29, 1.82) is 0 Å². The van der Waals surface area contributed by atoms with E-state index in [0.29, 0.717) is 11.5 Å². The van der Waals surface area contributed by atoms with Crippen molar-refractivity contribution >= 4 is 65.6 Å². The Morgan fingerprint density at radius 3 is 2.25 bits per heavy atom. The van der Waals surface area contributed by atoms with Crippen LogP contribution >= 0.6 is 0 Å². The quantitative estimate of drug-likeness (QED) is 0.232. The van der Waals surface area contributed by atoms with Gasteiger partial charge in [0, 0.05) is 33.3 Å². The van der Waals surface area contributed by atoms with Crippen molar-refractivity contribution < 1.29 is 4.42 Å². The van der Waals surface area contributed by atoms with E-state index in [-0.39, 0.29) is 0 Å². The van der Waals surface area contributed by atoms with Crippen LogP contribution in [0.15, 0.2) is 126 Å². The van der Waals surface area contributed by atoms with Crippen LogP contribution in [0.3, 0.4) is 0 Å². The zero-order valence-corrected chi connectivity index (χ0v) is 21.2. The summed E-state index contributed by atoms with van der Waals surface area (Å²) in [7, 11) is 0. The largest absolute Gasteiger partial charge is 0.437 e. The normalized spacial score (nSPS) is 12.0. The zero-order chi connectivity index (χ0) is 26.2. The number of hydrogen-bond donors (Lipinski definition) is 0. The second-order valence-electron chi connectivity index (χ2n) is 10.1. The second kappa shape index (κ2) is 7.98. The van der Waals surface area contributed by atoms with Crippen LogP contribution in [0.2, 0.25) is 0 Å². The number of benzene rings is 5. The molecule has 0 atom stereocenters. The third-order valence-corrected chi connectivity index (χ3v) is 7.85. The van der Waals surface area contributed by atoms with Gasteiger partial charge < -0.3 is 4.42 Å². The SMILES string of the molecule is c1ccc2cc3c(cc2c1)c1ccccc1n3-c1nc(-c2cccc3cccnc23)nc2oc3ccccc3c12. The summed E-state index contributed by atoms with van der Waals surface area (Å²) in [4.78, 5) is 15.0. The second-order valence-corrected chi connectivity index (χ2v) is 10.1. The van der Waals surface area contributed by atoms with Gasteiger partial charge in [0.25, 0.3) is 0 Å². The van der Waals surface area contributed by atoms with Gasteiger partial charge in [0.15, 0.2) is 11.6 Å². The summed E-state index contributed by atoms with van der Waals surface area (Å²) in [5.41, 5.74) is 5.24. The molecule has 0 aliphatic rings. The van der Waals surface area contributed by atoms with Gasteiger partial charge in [0.05, 0.1) is 21.9 Å². The summed E-state index contributed by atoms with van der Waals surface area (Å²) < 4.78 is 8.64. The van der Waals surface area contributed by atoms with Gasteiger partial charge in [-0.3, -0.25) is 9.55 Å². The summed E-state index contributed by atoms with van der Waals surface area (Å²) in [6.07, 6.45) is 1.81. The van der Waals surface area contributed by atoms with Crippen molar-refractivity contribution in [1.82, 2.24) is 19.5 Å². The molecule has 4 heterocycles. The van der Waals surface area contributed by atoms with E-state index in [4.69, 9.17) is 14.4 Å². The molecule has 0 radical (unpaired) electrons. The maximum absolute atomic E-state index is 6.37. The highest BCUT2D eigenvalue weighted by Crippen LogP contribution is 2.39. The van der Waals surface area contributed by atoms with Gasteiger partial charge in [-0.05, 0) is 47.2 Å². The van der Waals surface area contributed by atoms with Crippen LogP contribution in [0.25, 0.3) is 82.8 Å². The average molecular weight is 513 g/mol. The highest BCUT2D eigenvalue weighted by atomic mass is 16.3. The Hall–Kier alpha value is -5.55. The fourth-order valence-corrected chi connectivity index (χ4v) is 6.06. The molecule has 0 amide bonds. The minimum atomic E-state index is 0.556. The molecule has 5 aromatic carbocycles. The molecule has 0 unspecified atom stereocenters. The first-order chi connectivity index (χ1) is 19.8. The Bertz CT molecular complexity index is 2450. The van der Waals surface area contributed by atoms with Crippen LogP contribution in [0.4, 0.5) is 0 Å². The molecule has 0 spiro atoms. The number of hydrogen-bond acceptors (Lipinski definition) is 4. The molecule has 4 aromatic heterocycles. The monoisotopic (exact) mass is 512 g/mol. The maximum atomic E-state index is 6.37. The number of pyridine rings is 1. The average Bonchev–Trinajstić information content (AvgIpc) is 3.54. The van der Waals surface area contributed by atoms with Crippen molar-refractivity contribution in [2.24, 2.45) is 0 Å². The molecule has 5 nitrogen and oxygen atoms in total. The van der Waals surface area contributed by atoms with Gasteiger partial charge in [-0.1, -0.05) is 78.9 Å². The van der Waals surface area contributed by atoms with Gasteiger partial charge in [-0.15, -0.1) is 0 Å². The molecule has 0 bridgehead atoms. The molecule has 0 fully saturated rings. The van der Waals surface area contributed by atoms with Crippen molar-refractivity contribution in [2.45, 2.75) is 0 Å². The molecule has 9 rings (SSSR count). The predicted molar refractivity (Wildman–Crippen MR) is 162 cm³/mol. The van der Waals surface area contributed by atoms with Crippen molar-refractivity contribution in [3.8, 4) is 17.2 Å². The Balaban J connectivity index is 1.48. The van der Waals surface area contributed by atoms with Crippen LogP contribution in [0.1, 0.15) is 0 Å². The molecule has 40 heavy (non-hydrogen) atoms. The van der Waals surface area contributed by atoms with Gasteiger partial charge in [-0.25, -0.2) is 4.98 Å². The standard InChI is InChI=1S/C35H20N4O/c1-2-10-23-20-29-27(19-22(23)9-1)24-13-3-5-16-28(24)39(29)34-31-25-14-4-6-17-30(25)40-35(31)38-33(37-34)26-15-7-11-21-12-8-18-36-32(21)26/h1-20H. The lowest BCUT2D eigenvalue weighted by atomic mass is 10.1. The van der Waals surface area contributed by atoms with E-state index in [1.807, 2.05) is 42.6 Å². The molecule has 9 aromatic rings. The van der Waals surface area contributed by atoms with Crippen molar-refractivity contribution in [3.63, 3.8) is 0 Å². The number of rotatable bonds is 2. The topological polar surface area (TPSA) is 56.7 Å². The lowest BCUT2D eigenvalue weighted by Gasteiger charge is -2.11. The molecule has 0 N–H and O–H groups in total. The summed E-state index contributed by atoms with van der Waals surface area (Å²) in [6, 6.07) is 39.8. The number of aromatic nitrogens is 4. The zero-order valence-electron chi connectivity index (χ0n) is 21.2. The fraction of sp³-hybridized carbons (Fsp3) is 0. The van der Waals surface area contributed by atoms with Crippen LogP contribution in [0, 0.1) is 0 Å². The minimum absolute atomic E-state index is 0.556. The van der Waals surface area contributed by atoms with E-state index in [2.05, 4.69) is 88.4 Å². The van der Waals surface area contributed by atoms with E-state index in [0.717, 1.165) is 49.7 Å². The molecule has 0 saturated carbocycles. The van der Waals surface area contributed by atoms with E-state index in [9.17, 15) is 0 Å². The Morgan fingerprint density at radius 2 is 1.32 bits per heavy atom. The molecule has 0 aliphatic heterocycles. The maximum Gasteiger partial charge on any atom is 0.233 e. The van der Waals surface area contributed by atoms with Gasteiger partial charge in [0.2, 0.25) is 5.71 Å². The molecule has 0 saturated heterocycles. The van der Waals surface area contributed by atoms with Crippen LogP contribution in [-0.4, -0.2) is 19.5 Å². The van der Waals surface area contributed by atoms with E-state index in [1.54, 1.807) is 0 Å². The van der Waals surface area contributed by atoms with Gasteiger partial charge in [-0.2, -0.15) is 4.98 Å². The third-order valence-electron chi connectivity index (χ3n) is 7.85. The minimum Gasteiger partial charge on any atom is -0.437 e. The number of furan rings is 1. The number of para-hydroxylation sites is 3. The lowest BCUT2D eigenvalue weighted by molar-refractivity contribution is 0.653. The molecular weight excluding hydrogens is 492 g/mol. The lowest BCUT2D eigenvalue weighted by Crippen LogP contribution is -2.02. The van der Waals surface area contributed by atoms with Crippen molar-refractivity contribution in [3.05, 3.63) is 121 Å². The Kier molecular flexibility index (Phi) is 4.27. The fourth-order valence-electron chi connectivity index (χ4n) is 6.06. The van der Waals surface area contributed by atoms with Crippen LogP contribution in [-0.2, 0) is 0 Å². The highest BCUT2D eigenvalue weighted by molar-refractivity contribution is 6.16. The summed E-state index contributed by atoms with van der Waals surface area (Å²) in [6.45, 7) is 0.